The number of ether oxygens (including phenoxy) is 3. The number of carbonyl (C=O) groups is 1. The van der Waals surface area contributed by atoms with Gasteiger partial charge in [0.1, 0.15) is 12.4 Å². The second-order valence-corrected chi connectivity index (χ2v) is 7.61. The van der Waals surface area contributed by atoms with Gasteiger partial charge in [-0.2, -0.15) is 0 Å². The Labute approximate surface area is 162 Å². The lowest BCUT2D eigenvalue weighted by Gasteiger charge is -2.37. The maximum Gasteiger partial charge on any atom is 0.255 e. The summed E-state index contributed by atoms with van der Waals surface area (Å²) in [6.45, 7) is 9.67. The van der Waals surface area contributed by atoms with Crippen molar-refractivity contribution >= 4 is 5.91 Å². The largest absolute Gasteiger partial charge is 0.490 e. The highest BCUT2D eigenvalue weighted by atomic mass is 16.5. The van der Waals surface area contributed by atoms with E-state index in [-0.39, 0.29) is 12.0 Å². The molecule has 1 aromatic carbocycles. The highest BCUT2D eigenvalue weighted by Gasteiger charge is 2.25. The summed E-state index contributed by atoms with van der Waals surface area (Å²) >= 11 is 0. The Morgan fingerprint density at radius 3 is 2.74 bits per heavy atom. The fraction of sp³-hybridized carbons (Fsp3) is 0.667. The van der Waals surface area contributed by atoms with E-state index in [1.807, 2.05) is 24.3 Å². The van der Waals surface area contributed by atoms with Crippen molar-refractivity contribution in [1.29, 1.82) is 0 Å². The number of carbonyl (C=O) groups excluding carboxylic acids is 1. The molecule has 0 aromatic heterocycles. The molecule has 0 radical (unpaired) electrons. The van der Waals surface area contributed by atoms with Crippen molar-refractivity contribution in [2.45, 2.75) is 38.8 Å². The van der Waals surface area contributed by atoms with Crippen LogP contribution in [0, 0.1) is 5.92 Å². The van der Waals surface area contributed by atoms with Crippen molar-refractivity contribution in [2.24, 2.45) is 5.92 Å². The number of nitrogens with zero attached hydrogens (tertiary/aromatic N) is 1. The zero-order chi connectivity index (χ0) is 19.1. The molecule has 2 unspecified atom stereocenters. The molecule has 0 spiro atoms. The van der Waals surface area contributed by atoms with Gasteiger partial charge in [-0.1, -0.05) is 26.0 Å². The molecule has 6 nitrogen and oxygen atoms in total. The van der Waals surface area contributed by atoms with Crippen LogP contribution in [0.4, 0.5) is 0 Å². The average molecular weight is 376 g/mol. The first kappa shape index (κ1) is 20.1. The summed E-state index contributed by atoms with van der Waals surface area (Å²) in [4.78, 5) is 15.2. The minimum atomic E-state index is -0.0863. The van der Waals surface area contributed by atoms with Gasteiger partial charge in [-0.25, -0.2) is 0 Å². The Balaban J connectivity index is 1.57. The van der Waals surface area contributed by atoms with E-state index in [4.69, 9.17) is 14.2 Å². The van der Waals surface area contributed by atoms with Crippen molar-refractivity contribution in [1.82, 2.24) is 10.2 Å². The van der Waals surface area contributed by atoms with E-state index in [0.717, 1.165) is 45.8 Å². The van der Waals surface area contributed by atoms with E-state index in [2.05, 4.69) is 24.1 Å². The van der Waals surface area contributed by atoms with Crippen molar-refractivity contribution < 1.29 is 19.0 Å². The molecule has 2 aliphatic rings. The van der Waals surface area contributed by atoms with Crippen molar-refractivity contribution in [3.8, 4) is 5.75 Å². The van der Waals surface area contributed by atoms with Crippen LogP contribution < -0.4 is 10.1 Å². The zero-order valence-electron chi connectivity index (χ0n) is 16.5. The molecule has 1 amide bonds. The van der Waals surface area contributed by atoms with Crippen LogP contribution >= 0.6 is 0 Å². The van der Waals surface area contributed by atoms with Crippen LogP contribution in [0.15, 0.2) is 24.3 Å². The number of rotatable bonds is 8. The number of para-hydroxylation sites is 1. The third-order valence-electron chi connectivity index (χ3n) is 5.34. The van der Waals surface area contributed by atoms with Crippen LogP contribution in [0.25, 0.3) is 0 Å². The van der Waals surface area contributed by atoms with E-state index < -0.39 is 0 Å². The predicted octanol–water partition coefficient (Wildman–Crippen LogP) is 2.33. The zero-order valence-corrected chi connectivity index (χ0v) is 16.5. The van der Waals surface area contributed by atoms with Gasteiger partial charge in [-0.05, 0) is 30.9 Å². The number of morpholine rings is 1. The molecule has 27 heavy (non-hydrogen) atoms. The summed E-state index contributed by atoms with van der Waals surface area (Å²) in [5.74, 6) is 0.990. The third-order valence-corrected chi connectivity index (χ3v) is 5.34. The van der Waals surface area contributed by atoms with Crippen LogP contribution in [-0.4, -0.2) is 69.0 Å². The van der Waals surface area contributed by atoms with E-state index in [9.17, 15) is 4.79 Å². The molecule has 2 fully saturated rings. The number of hydrogen-bond acceptors (Lipinski definition) is 5. The minimum Gasteiger partial charge on any atom is -0.490 e. The lowest BCUT2D eigenvalue weighted by Crippen LogP contribution is -2.51. The van der Waals surface area contributed by atoms with Gasteiger partial charge >= 0.3 is 0 Å². The number of hydrogen-bond donors (Lipinski definition) is 1. The van der Waals surface area contributed by atoms with Crippen molar-refractivity contribution in [2.75, 3.05) is 46.1 Å². The summed E-state index contributed by atoms with van der Waals surface area (Å²) in [5.41, 5.74) is 0.583. The van der Waals surface area contributed by atoms with Crippen LogP contribution in [-0.2, 0) is 9.47 Å². The monoisotopic (exact) mass is 376 g/mol. The lowest BCUT2D eigenvalue weighted by molar-refractivity contribution is 0.00671. The molecule has 2 aliphatic heterocycles. The molecule has 2 heterocycles. The SMILES string of the molecule is CC(C)C(CNC(=O)c1ccccc1OCC1CCCO1)N1CCOCC1. The molecule has 6 heteroatoms. The van der Waals surface area contributed by atoms with E-state index in [0.29, 0.717) is 36.4 Å². The number of nitrogens with one attached hydrogen (secondary N) is 1. The Hall–Kier alpha value is -1.63. The summed E-state index contributed by atoms with van der Waals surface area (Å²) in [7, 11) is 0. The Morgan fingerprint density at radius 2 is 2.04 bits per heavy atom. The Kier molecular flexibility index (Phi) is 7.50. The fourth-order valence-corrected chi connectivity index (χ4v) is 3.73. The van der Waals surface area contributed by atoms with Gasteiger partial charge in [0.25, 0.3) is 5.91 Å². The molecule has 150 valence electrons. The predicted molar refractivity (Wildman–Crippen MR) is 104 cm³/mol. The first-order valence-electron chi connectivity index (χ1n) is 10.1. The molecule has 2 atom stereocenters. The first-order chi connectivity index (χ1) is 13.1. The normalized spacial score (nSPS) is 22.0. The molecule has 0 aliphatic carbocycles. The van der Waals surface area contributed by atoms with Crippen LogP contribution in [0.2, 0.25) is 0 Å². The minimum absolute atomic E-state index is 0.0863. The van der Waals surface area contributed by atoms with Gasteiger partial charge in [0, 0.05) is 32.3 Å². The second kappa shape index (κ2) is 10.1. The lowest BCUT2D eigenvalue weighted by atomic mass is 10.0. The van der Waals surface area contributed by atoms with Gasteiger partial charge in [0.2, 0.25) is 0 Å². The first-order valence-corrected chi connectivity index (χ1v) is 10.1. The molecular weight excluding hydrogens is 344 g/mol. The maximum absolute atomic E-state index is 12.8. The summed E-state index contributed by atoms with van der Waals surface area (Å²) in [6.07, 6.45) is 2.23. The van der Waals surface area contributed by atoms with Gasteiger partial charge in [-0.15, -0.1) is 0 Å². The smallest absolute Gasteiger partial charge is 0.255 e. The Bertz CT molecular complexity index is 596. The molecule has 1 aromatic rings. The fourth-order valence-electron chi connectivity index (χ4n) is 3.73. The molecule has 0 bridgehead atoms. The van der Waals surface area contributed by atoms with Gasteiger partial charge in [0.05, 0.1) is 24.9 Å². The van der Waals surface area contributed by atoms with Crippen LogP contribution in [0.5, 0.6) is 5.75 Å². The third kappa shape index (κ3) is 5.67. The molecular formula is C21H32N2O4. The summed E-state index contributed by atoms with van der Waals surface area (Å²) < 4.78 is 17.0. The number of amides is 1. The Morgan fingerprint density at radius 1 is 1.26 bits per heavy atom. The standard InChI is InChI=1S/C21H32N2O4/c1-16(2)19(23-9-12-25-13-10-23)14-22-21(24)18-7-3-4-8-20(18)27-15-17-6-5-11-26-17/h3-4,7-8,16-17,19H,5-6,9-15H2,1-2H3,(H,22,24). The number of benzene rings is 1. The maximum atomic E-state index is 12.8. The van der Waals surface area contributed by atoms with Gasteiger partial charge in [0.15, 0.2) is 0 Å². The molecule has 1 N–H and O–H groups in total. The van der Waals surface area contributed by atoms with Gasteiger partial charge in [-0.3, -0.25) is 9.69 Å². The molecule has 0 saturated carbocycles. The van der Waals surface area contributed by atoms with E-state index in [1.54, 1.807) is 0 Å². The van der Waals surface area contributed by atoms with Crippen molar-refractivity contribution in [3.63, 3.8) is 0 Å². The quantitative estimate of drug-likeness (QED) is 0.755. The van der Waals surface area contributed by atoms with Crippen molar-refractivity contribution in [3.05, 3.63) is 29.8 Å². The highest BCUT2D eigenvalue weighted by Crippen LogP contribution is 2.21. The highest BCUT2D eigenvalue weighted by molar-refractivity contribution is 5.96. The second-order valence-electron chi connectivity index (χ2n) is 7.61. The molecule has 3 rings (SSSR count). The van der Waals surface area contributed by atoms with Crippen LogP contribution in [0.3, 0.4) is 0 Å². The topological polar surface area (TPSA) is 60.0 Å². The van der Waals surface area contributed by atoms with Gasteiger partial charge < -0.3 is 19.5 Å². The molecule has 2 saturated heterocycles. The summed E-state index contributed by atoms with van der Waals surface area (Å²) in [5, 5.41) is 3.11. The van der Waals surface area contributed by atoms with E-state index >= 15 is 0 Å². The van der Waals surface area contributed by atoms with Crippen LogP contribution in [0.1, 0.15) is 37.0 Å². The average Bonchev–Trinajstić information content (AvgIpc) is 3.21. The van der Waals surface area contributed by atoms with E-state index in [1.165, 1.54) is 0 Å². The summed E-state index contributed by atoms with van der Waals surface area (Å²) in [6, 6.07) is 7.74.